The van der Waals surface area contributed by atoms with Crippen LogP contribution in [0.2, 0.25) is 0 Å². The van der Waals surface area contributed by atoms with Gasteiger partial charge in [0.1, 0.15) is 11.8 Å². The van der Waals surface area contributed by atoms with E-state index >= 15 is 0 Å². The molecule has 0 aromatic heterocycles. The molecule has 0 saturated carbocycles. The number of nitrogens with one attached hydrogen (secondary N) is 1. The van der Waals surface area contributed by atoms with Crippen molar-refractivity contribution in [2.24, 2.45) is 0 Å². The smallest absolute Gasteiger partial charge is 0.174 e. The van der Waals surface area contributed by atoms with Crippen molar-refractivity contribution in [2.45, 2.75) is 19.4 Å². The Hall–Kier alpha value is -1.53. The maximum absolute atomic E-state index is 8.48. The Morgan fingerprint density at radius 3 is 2.80 bits per heavy atom. The molecule has 0 heterocycles. The first-order chi connectivity index (χ1) is 7.33. The van der Waals surface area contributed by atoms with E-state index in [1.165, 1.54) is 0 Å². The molecule has 1 atom stereocenters. The van der Waals surface area contributed by atoms with Crippen LogP contribution in [0.5, 0.6) is 5.75 Å². The van der Waals surface area contributed by atoms with Gasteiger partial charge < -0.3 is 10.1 Å². The Morgan fingerprint density at radius 1 is 1.47 bits per heavy atom. The molecule has 15 heavy (non-hydrogen) atoms. The first kappa shape index (κ1) is 11.5. The van der Waals surface area contributed by atoms with Crippen LogP contribution in [0.1, 0.15) is 24.9 Å². The molecular formula is C12H16N2O. The Balaban J connectivity index is 2.90. The number of hydrogen-bond acceptors (Lipinski definition) is 3. The van der Waals surface area contributed by atoms with Crippen molar-refractivity contribution in [3.63, 3.8) is 0 Å². The molecule has 0 aliphatic rings. The van der Waals surface area contributed by atoms with Gasteiger partial charge in [-0.05, 0) is 19.5 Å². The van der Waals surface area contributed by atoms with Gasteiger partial charge in [0, 0.05) is 11.6 Å². The van der Waals surface area contributed by atoms with Gasteiger partial charge in [0.2, 0.25) is 0 Å². The van der Waals surface area contributed by atoms with Gasteiger partial charge in [-0.15, -0.1) is 0 Å². The third-order valence-electron chi connectivity index (χ3n) is 2.34. The van der Waals surface area contributed by atoms with Crippen molar-refractivity contribution >= 4 is 0 Å². The highest BCUT2D eigenvalue weighted by Gasteiger charge is 2.11. The molecule has 1 unspecified atom stereocenters. The van der Waals surface area contributed by atoms with E-state index in [0.717, 1.165) is 17.7 Å². The van der Waals surface area contributed by atoms with Gasteiger partial charge in [-0.1, -0.05) is 25.1 Å². The second-order valence-electron chi connectivity index (χ2n) is 3.23. The minimum Gasteiger partial charge on any atom is -0.478 e. The van der Waals surface area contributed by atoms with Crippen LogP contribution in [0.25, 0.3) is 0 Å². The van der Waals surface area contributed by atoms with Crippen molar-refractivity contribution in [1.29, 1.82) is 5.26 Å². The third-order valence-corrected chi connectivity index (χ3v) is 2.34. The molecule has 0 amide bonds. The van der Waals surface area contributed by atoms with E-state index in [-0.39, 0.29) is 12.6 Å². The predicted molar refractivity (Wildman–Crippen MR) is 59.6 cm³/mol. The lowest BCUT2D eigenvalue weighted by Crippen LogP contribution is -2.16. The zero-order valence-corrected chi connectivity index (χ0v) is 9.16. The third kappa shape index (κ3) is 2.97. The summed E-state index contributed by atoms with van der Waals surface area (Å²) < 4.78 is 5.37. The van der Waals surface area contributed by atoms with Crippen LogP contribution in [0.3, 0.4) is 0 Å². The van der Waals surface area contributed by atoms with Gasteiger partial charge in [0.15, 0.2) is 6.61 Å². The second kappa shape index (κ2) is 6.05. The summed E-state index contributed by atoms with van der Waals surface area (Å²) in [4.78, 5) is 0. The number of rotatable bonds is 5. The average molecular weight is 204 g/mol. The lowest BCUT2D eigenvalue weighted by molar-refractivity contribution is 0.358. The quantitative estimate of drug-likeness (QED) is 0.800. The fraction of sp³-hybridized carbons (Fsp3) is 0.417. The van der Waals surface area contributed by atoms with Crippen molar-refractivity contribution in [1.82, 2.24) is 5.32 Å². The van der Waals surface area contributed by atoms with E-state index in [0.29, 0.717) is 0 Å². The molecule has 0 spiro atoms. The molecule has 0 radical (unpaired) electrons. The molecule has 1 aromatic rings. The molecule has 1 aromatic carbocycles. The molecule has 3 nitrogen and oxygen atoms in total. The van der Waals surface area contributed by atoms with E-state index in [1.807, 2.05) is 37.4 Å². The molecule has 0 fully saturated rings. The van der Waals surface area contributed by atoms with Gasteiger partial charge in [-0.3, -0.25) is 0 Å². The highest BCUT2D eigenvalue weighted by atomic mass is 16.5. The van der Waals surface area contributed by atoms with E-state index < -0.39 is 0 Å². The molecule has 1 rings (SSSR count). The van der Waals surface area contributed by atoms with Crippen molar-refractivity contribution in [2.75, 3.05) is 13.7 Å². The SMILES string of the molecule is CCC(NC)c1ccccc1OCC#N. The van der Waals surface area contributed by atoms with Crippen LogP contribution in [-0.4, -0.2) is 13.7 Å². The maximum atomic E-state index is 8.48. The lowest BCUT2D eigenvalue weighted by atomic mass is 10.0. The van der Waals surface area contributed by atoms with Crippen LogP contribution in [0.15, 0.2) is 24.3 Å². The number of ether oxygens (including phenoxy) is 1. The summed E-state index contributed by atoms with van der Waals surface area (Å²) in [6.45, 7) is 2.21. The normalized spacial score (nSPS) is 11.8. The number of nitrogens with zero attached hydrogens (tertiary/aromatic N) is 1. The lowest BCUT2D eigenvalue weighted by Gasteiger charge is -2.17. The minimum atomic E-state index is 0.0944. The summed E-state index contributed by atoms with van der Waals surface area (Å²) in [5.41, 5.74) is 1.11. The highest BCUT2D eigenvalue weighted by molar-refractivity contribution is 5.36. The van der Waals surface area contributed by atoms with Crippen LogP contribution in [0, 0.1) is 11.3 Å². The molecule has 0 saturated heterocycles. The Bertz CT molecular complexity index is 340. The topological polar surface area (TPSA) is 45.0 Å². The summed E-state index contributed by atoms with van der Waals surface area (Å²) in [5, 5.41) is 11.7. The zero-order chi connectivity index (χ0) is 11.1. The monoisotopic (exact) mass is 204 g/mol. The van der Waals surface area contributed by atoms with Crippen molar-refractivity contribution in [3.8, 4) is 11.8 Å². The maximum Gasteiger partial charge on any atom is 0.174 e. The van der Waals surface area contributed by atoms with Crippen LogP contribution in [-0.2, 0) is 0 Å². The molecule has 0 bridgehead atoms. The van der Waals surface area contributed by atoms with Crippen molar-refractivity contribution in [3.05, 3.63) is 29.8 Å². The molecular weight excluding hydrogens is 188 g/mol. The van der Waals surface area contributed by atoms with Gasteiger partial charge in [0.05, 0.1) is 0 Å². The fourth-order valence-corrected chi connectivity index (χ4v) is 1.59. The number of benzene rings is 1. The van der Waals surface area contributed by atoms with Gasteiger partial charge >= 0.3 is 0 Å². The highest BCUT2D eigenvalue weighted by Crippen LogP contribution is 2.26. The van der Waals surface area contributed by atoms with Gasteiger partial charge in [-0.25, -0.2) is 0 Å². The van der Waals surface area contributed by atoms with Gasteiger partial charge in [-0.2, -0.15) is 5.26 Å². The Labute approximate surface area is 90.7 Å². The predicted octanol–water partition coefficient (Wildman–Crippen LogP) is 2.26. The first-order valence-electron chi connectivity index (χ1n) is 5.09. The van der Waals surface area contributed by atoms with Gasteiger partial charge in [0.25, 0.3) is 0 Å². The van der Waals surface area contributed by atoms with E-state index in [4.69, 9.17) is 10.00 Å². The average Bonchev–Trinajstić information content (AvgIpc) is 2.29. The largest absolute Gasteiger partial charge is 0.478 e. The number of para-hydroxylation sites is 1. The summed E-state index contributed by atoms with van der Waals surface area (Å²) >= 11 is 0. The van der Waals surface area contributed by atoms with Crippen LogP contribution >= 0.6 is 0 Å². The molecule has 1 N–H and O–H groups in total. The standard InChI is InChI=1S/C12H16N2O/c1-3-11(14-2)10-6-4-5-7-12(10)15-9-8-13/h4-7,11,14H,3,9H2,1-2H3. The Kier molecular flexibility index (Phi) is 4.65. The molecule has 80 valence electrons. The molecule has 0 aliphatic carbocycles. The van der Waals surface area contributed by atoms with Crippen LogP contribution < -0.4 is 10.1 Å². The zero-order valence-electron chi connectivity index (χ0n) is 9.16. The first-order valence-corrected chi connectivity index (χ1v) is 5.09. The van der Waals surface area contributed by atoms with Crippen LogP contribution in [0.4, 0.5) is 0 Å². The summed E-state index contributed by atoms with van der Waals surface area (Å²) in [7, 11) is 1.93. The van der Waals surface area contributed by atoms with Crippen molar-refractivity contribution < 1.29 is 4.74 Å². The Morgan fingerprint density at radius 2 is 2.20 bits per heavy atom. The fourth-order valence-electron chi connectivity index (χ4n) is 1.59. The van der Waals surface area contributed by atoms with E-state index in [9.17, 15) is 0 Å². The number of nitriles is 1. The van der Waals surface area contributed by atoms with E-state index in [2.05, 4.69) is 12.2 Å². The minimum absolute atomic E-state index is 0.0944. The second-order valence-corrected chi connectivity index (χ2v) is 3.23. The number of hydrogen-bond donors (Lipinski definition) is 1. The molecule has 3 heteroatoms. The summed E-state index contributed by atoms with van der Waals surface area (Å²) in [5.74, 6) is 0.792. The van der Waals surface area contributed by atoms with E-state index in [1.54, 1.807) is 0 Å². The summed E-state index contributed by atoms with van der Waals surface area (Å²) in [6.07, 6.45) is 0.990. The molecule has 0 aliphatic heterocycles. The summed E-state index contributed by atoms with van der Waals surface area (Å²) in [6, 6.07) is 10.1.